The van der Waals surface area contributed by atoms with Crippen LogP contribution in [0.1, 0.15) is 43.6 Å². The molecule has 0 aliphatic rings. The van der Waals surface area contributed by atoms with Crippen molar-refractivity contribution in [3.8, 4) is 6.07 Å². The van der Waals surface area contributed by atoms with Gasteiger partial charge in [-0.15, -0.1) is 11.6 Å². The minimum Gasteiger partial charge on any atom is -0.383 e. The first kappa shape index (κ1) is 15.8. The number of imidazole rings is 1. The van der Waals surface area contributed by atoms with Crippen LogP contribution in [0.15, 0.2) is 18.2 Å². The van der Waals surface area contributed by atoms with Gasteiger partial charge in [-0.25, -0.2) is 4.98 Å². The molecule has 1 heterocycles. The van der Waals surface area contributed by atoms with Crippen LogP contribution in [0.3, 0.4) is 0 Å². The lowest BCUT2D eigenvalue weighted by Crippen LogP contribution is -2.22. The molecular formula is C16H20ClN3O. The van der Waals surface area contributed by atoms with Crippen LogP contribution in [-0.2, 0) is 4.74 Å². The Labute approximate surface area is 130 Å². The van der Waals surface area contributed by atoms with Crippen molar-refractivity contribution in [2.45, 2.75) is 32.2 Å². The number of aromatic nitrogens is 2. The Bertz CT molecular complexity index is 670. The summed E-state index contributed by atoms with van der Waals surface area (Å²) < 4.78 is 7.50. The quantitative estimate of drug-likeness (QED) is 0.783. The predicted octanol–water partition coefficient (Wildman–Crippen LogP) is 4.05. The highest BCUT2D eigenvalue weighted by atomic mass is 35.5. The summed E-state index contributed by atoms with van der Waals surface area (Å²) in [6.07, 6.45) is 0. The number of hydrogen-bond donors (Lipinski definition) is 0. The number of hydrogen-bond acceptors (Lipinski definition) is 3. The van der Waals surface area contributed by atoms with Gasteiger partial charge in [0.25, 0.3) is 0 Å². The Hall–Kier alpha value is -1.57. The van der Waals surface area contributed by atoms with Crippen LogP contribution in [0.2, 0.25) is 0 Å². The fourth-order valence-electron chi connectivity index (χ4n) is 2.55. The summed E-state index contributed by atoms with van der Waals surface area (Å²) in [4.78, 5) is 4.64. The molecule has 0 saturated heterocycles. The molecule has 2 aromatic rings. The number of nitriles is 1. The molecule has 2 atom stereocenters. The fraction of sp³-hybridized carbons (Fsp3) is 0.500. The highest BCUT2D eigenvalue weighted by Gasteiger charge is 2.24. The summed E-state index contributed by atoms with van der Waals surface area (Å²) in [5, 5.41) is 8.92. The average Bonchev–Trinajstić information content (AvgIpc) is 2.82. The molecule has 1 aromatic heterocycles. The maximum Gasteiger partial charge on any atom is 0.128 e. The molecule has 2 unspecified atom stereocenters. The average molecular weight is 306 g/mol. The van der Waals surface area contributed by atoms with Gasteiger partial charge in [-0.05, 0) is 31.0 Å². The maximum absolute atomic E-state index is 9.12. The van der Waals surface area contributed by atoms with E-state index in [0.717, 1.165) is 16.9 Å². The van der Waals surface area contributed by atoms with Gasteiger partial charge in [0.15, 0.2) is 0 Å². The van der Waals surface area contributed by atoms with Crippen molar-refractivity contribution < 1.29 is 4.74 Å². The summed E-state index contributed by atoms with van der Waals surface area (Å²) in [5.74, 6) is 1.18. The summed E-state index contributed by atoms with van der Waals surface area (Å²) in [6.45, 7) is 6.78. The Morgan fingerprint density at radius 3 is 2.62 bits per heavy atom. The van der Waals surface area contributed by atoms with Crippen LogP contribution >= 0.6 is 11.6 Å². The Morgan fingerprint density at radius 1 is 1.38 bits per heavy atom. The molecule has 0 fully saturated rings. The van der Waals surface area contributed by atoms with E-state index >= 15 is 0 Å². The molecule has 1 aromatic carbocycles. The first-order chi connectivity index (χ1) is 9.99. The van der Waals surface area contributed by atoms with Crippen LogP contribution in [0, 0.1) is 17.2 Å². The Kier molecular flexibility index (Phi) is 4.87. The monoisotopic (exact) mass is 305 g/mol. The number of ether oxygens (including phenoxy) is 1. The molecule has 112 valence electrons. The summed E-state index contributed by atoms with van der Waals surface area (Å²) in [7, 11) is 1.69. The Balaban J connectivity index is 2.72. The highest BCUT2D eigenvalue weighted by molar-refractivity contribution is 6.20. The molecule has 0 aliphatic heterocycles. The molecule has 0 bridgehead atoms. The third-order valence-electron chi connectivity index (χ3n) is 3.64. The largest absolute Gasteiger partial charge is 0.383 e. The second-order valence-corrected chi connectivity index (χ2v) is 6.19. The lowest BCUT2D eigenvalue weighted by atomic mass is 10.0. The second kappa shape index (κ2) is 6.46. The van der Waals surface area contributed by atoms with E-state index in [1.54, 1.807) is 13.2 Å². The van der Waals surface area contributed by atoms with Crippen molar-refractivity contribution in [1.29, 1.82) is 5.26 Å². The minimum atomic E-state index is -0.207. The van der Waals surface area contributed by atoms with Crippen molar-refractivity contribution >= 4 is 22.6 Å². The first-order valence-corrected chi connectivity index (χ1v) is 7.48. The molecule has 0 radical (unpaired) electrons. The van der Waals surface area contributed by atoms with Gasteiger partial charge in [-0.1, -0.05) is 13.8 Å². The minimum absolute atomic E-state index is 0.130. The zero-order valence-electron chi connectivity index (χ0n) is 12.8. The van der Waals surface area contributed by atoms with Crippen molar-refractivity contribution in [3.05, 3.63) is 29.6 Å². The lowest BCUT2D eigenvalue weighted by molar-refractivity contribution is 0.133. The van der Waals surface area contributed by atoms with Gasteiger partial charge in [-0.3, -0.25) is 0 Å². The lowest BCUT2D eigenvalue weighted by Gasteiger charge is -2.25. The standard InChI is InChI=1S/C16H20ClN3O/c1-10(2)15(9-21-4)20-14-7-12(8-18)5-6-13(14)19-16(20)11(3)17/h5-7,10-11,15H,9H2,1-4H3. The number of rotatable bonds is 5. The van der Waals surface area contributed by atoms with Gasteiger partial charge < -0.3 is 9.30 Å². The zero-order valence-corrected chi connectivity index (χ0v) is 13.6. The number of nitrogens with zero attached hydrogens (tertiary/aromatic N) is 3. The second-order valence-electron chi connectivity index (χ2n) is 5.54. The van der Waals surface area contributed by atoms with E-state index in [-0.39, 0.29) is 11.4 Å². The number of benzene rings is 1. The summed E-state index contributed by atoms with van der Waals surface area (Å²) in [6, 6.07) is 7.83. The van der Waals surface area contributed by atoms with Gasteiger partial charge >= 0.3 is 0 Å². The van der Waals surface area contributed by atoms with Crippen LogP contribution in [0.4, 0.5) is 0 Å². The van der Waals surface area contributed by atoms with Crippen molar-refractivity contribution in [2.75, 3.05) is 13.7 Å². The molecule has 0 spiro atoms. The summed E-state index contributed by atoms with van der Waals surface area (Å²) >= 11 is 6.31. The van der Waals surface area contributed by atoms with Crippen LogP contribution in [0.25, 0.3) is 11.0 Å². The van der Waals surface area contributed by atoms with E-state index in [1.807, 2.05) is 19.1 Å². The smallest absolute Gasteiger partial charge is 0.128 e. The van der Waals surface area contributed by atoms with Gasteiger partial charge in [0.05, 0.1) is 40.7 Å². The molecule has 4 nitrogen and oxygen atoms in total. The topological polar surface area (TPSA) is 50.8 Å². The Morgan fingerprint density at radius 2 is 2.10 bits per heavy atom. The molecule has 2 rings (SSSR count). The van der Waals surface area contributed by atoms with Crippen molar-refractivity contribution in [1.82, 2.24) is 9.55 Å². The molecule has 0 aliphatic carbocycles. The van der Waals surface area contributed by atoms with Gasteiger partial charge in [0, 0.05) is 7.11 Å². The molecular weight excluding hydrogens is 286 g/mol. The van der Waals surface area contributed by atoms with E-state index in [9.17, 15) is 0 Å². The normalized spacial score (nSPS) is 14.3. The molecule has 21 heavy (non-hydrogen) atoms. The molecule has 5 heteroatoms. The molecule has 0 N–H and O–H groups in total. The third-order valence-corrected chi connectivity index (χ3v) is 3.84. The van der Waals surface area contributed by atoms with E-state index in [0.29, 0.717) is 18.1 Å². The number of methoxy groups -OCH3 is 1. The molecule has 0 amide bonds. The SMILES string of the molecule is COCC(C(C)C)n1c(C(C)Cl)nc2ccc(C#N)cc21. The van der Waals surface area contributed by atoms with Gasteiger partial charge in [-0.2, -0.15) is 5.26 Å². The van der Waals surface area contributed by atoms with E-state index in [4.69, 9.17) is 21.6 Å². The maximum atomic E-state index is 9.12. The van der Waals surface area contributed by atoms with Gasteiger partial charge in [0.1, 0.15) is 5.82 Å². The van der Waals surface area contributed by atoms with Crippen LogP contribution in [-0.4, -0.2) is 23.3 Å². The fourth-order valence-corrected chi connectivity index (χ4v) is 2.70. The van der Waals surface area contributed by atoms with E-state index in [1.165, 1.54) is 0 Å². The predicted molar refractivity (Wildman–Crippen MR) is 84.5 cm³/mol. The van der Waals surface area contributed by atoms with Crippen molar-refractivity contribution in [2.24, 2.45) is 5.92 Å². The van der Waals surface area contributed by atoms with Crippen LogP contribution < -0.4 is 0 Å². The third kappa shape index (κ3) is 3.04. The number of alkyl halides is 1. The van der Waals surface area contributed by atoms with Crippen molar-refractivity contribution in [3.63, 3.8) is 0 Å². The molecule has 0 saturated carbocycles. The first-order valence-electron chi connectivity index (χ1n) is 7.04. The van der Waals surface area contributed by atoms with E-state index < -0.39 is 0 Å². The van der Waals surface area contributed by atoms with Gasteiger partial charge in [0.2, 0.25) is 0 Å². The summed E-state index contributed by atoms with van der Waals surface area (Å²) in [5.41, 5.74) is 2.42. The number of fused-ring (bicyclic) bond motifs is 1. The van der Waals surface area contributed by atoms with E-state index in [2.05, 4.69) is 29.5 Å². The zero-order chi connectivity index (χ0) is 15.6. The number of halogens is 1. The highest BCUT2D eigenvalue weighted by Crippen LogP contribution is 2.31. The van der Waals surface area contributed by atoms with Crippen LogP contribution in [0.5, 0.6) is 0 Å².